The van der Waals surface area contributed by atoms with Gasteiger partial charge in [-0.05, 0) is 41.3 Å². The zero-order valence-electron chi connectivity index (χ0n) is 15.5. The average molecular weight is 364 g/mol. The maximum Gasteiger partial charge on any atom is 0.275 e. The van der Waals surface area contributed by atoms with Gasteiger partial charge >= 0.3 is 0 Å². The molecule has 0 atom stereocenters. The van der Waals surface area contributed by atoms with E-state index in [1.165, 1.54) is 36.2 Å². The van der Waals surface area contributed by atoms with Crippen molar-refractivity contribution in [2.45, 2.75) is 26.2 Å². The topological polar surface area (TPSA) is 66.9 Å². The number of hydrogen-bond donors (Lipinski definition) is 2. The molecule has 6 heteroatoms. The summed E-state index contributed by atoms with van der Waals surface area (Å²) in [6.07, 6.45) is 2.86. The quantitative estimate of drug-likeness (QED) is 0.690. The Hall–Kier alpha value is -3.28. The van der Waals surface area contributed by atoms with Crippen LogP contribution in [0.3, 0.4) is 0 Å². The number of halogens is 1. The Bertz CT molecular complexity index is 932. The van der Waals surface area contributed by atoms with Crippen LogP contribution in [-0.4, -0.2) is 15.9 Å². The molecule has 3 rings (SSSR count). The second kappa shape index (κ2) is 7.53. The number of amides is 1. The van der Waals surface area contributed by atoms with Gasteiger partial charge in [-0.1, -0.05) is 39.0 Å². The van der Waals surface area contributed by atoms with Gasteiger partial charge < -0.3 is 10.6 Å². The minimum atomic E-state index is -0.450. The van der Waals surface area contributed by atoms with Crippen molar-refractivity contribution >= 4 is 23.1 Å². The third kappa shape index (κ3) is 4.88. The monoisotopic (exact) mass is 364 g/mol. The van der Waals surface area contributed by atoms with Crippen LogP contribution in [0.1, 0.15) is 36.8 Å². The molecule has 0 saturated heterocycles. The second-order valence-electron chi connectivity index (χ2n) is 7.20. The number of carbonyl (C=O) groups excluding carboxylic acids is 1. The number of anilines is 3. The number of rotatable bonds is 4. The van der Waals surface area contributed by atoms with Gasteiger partial charge in [-0.2, -0.15) is 0 Å². The van der Waals surface area contributed by atoms with Crippen LogP contribution < -0.4 is 10.6 Å². The highest BCUT2D eigenvalue weighted by Gasteiger charge is 2.13. The third-order valence-electron chi connectivity index (χ3n) is 3.99. The van der Waals surface area contributed by atoms with Gasteiger partial charge in [0.1, 0.15) is 17.3 Å². The van der Waals surface area contributed by atoms with Gasteiger partial charge in [-0.25, -0.2) is 14.4 Å². The van der Waals surface area contributed by atoms with E-state index < -0.39 is 11.7 Å². The maximum atomic E-state index is 13.2. The molecule has 0 saturated carbocycles. The fourth-order valence-electron chi connectivity index (χ4n) is 2.47. The molecule has 0 aliphatic carbocycles. The van der Waals surface area contributed by atoms with Crippen molar-refractivity contribution in [2.75, 3.05) is 10.6 Å². The fourth-order valence-corrected chi connectivity index (χ4v) is 2.47. The lowest BCUT2D eigenvalue weighted by Crippen LogP contribution is -2.14. The molecule has 1 heterocycles. The van der Waals surface area contributed by atoms with Crippen LogP contribution in [-0.2, 0) is 5.41 Å². The van der Waals surface area contributed by atoms with E-state index in [2.05, 4.69) is 53.5 Å². The van der Waals surface area contributed by atoms with Crippen molar-refractivity contribution in [3.05, 3.63) is 78.0 Å². The molecule has 5 nitrogen and oxygen atoms in total. The summed E-state index contributed by atoms with van der Waals surface area (Å²) in [4.78, 5) is 20.5. The Kier molecular flexibility index (Phi) is 5.16. The minimum Gasteiger partial charge on any atom is -0.339 e. The number of carbonyl (C=O) groups is 1. The smallest absolute Gasteiger partial charge is 0.275 e. The summed E-state index contributed by atoms with van der Waals surface area (Å²) in [6, 6.07) is 13.8. The number of nitrogens with zero attached hydrogens (tertiary/aromatic N) is 2. The van der Waals surface area contributed by atoms with Gasteiger partial charge in [0, 0.05) is 11.4 Å². The molecular formula is C21H21FN4O. The summed E-state index contributed by atoms with van der Waals surface area (Å²) in [6.45, 7) is 6.48. The van der Waals surface area contributed by atoms with Crippen LogP contribution in [0.2, 0.25) is 0 Å². The normalized spacial score (nSPS) is 11.1. The van der Waals surface area contributed by atoms with E-state index >= 15 is 0 Å². The van der Waals surface area contributed by atoms with Gasteiger partial charge in [0.2, 0.25) is 0 Å². The van der Waals surface area contributed by atoms with E-state index in [1.807, 2.05) is 12.1 Å². The lowest BCUT2D eigenvalue weighted by atomic mass is 9.87. The predicted molar refractivity (Wildman–Crippen MR) is 105 cm³/mol. The summed E-state index contributed by atoms with van der Waals surface area (Å²) in [5.74, 6) is -0.342. The molecule has 0 aliphatic rings. The van der Waals surface area contributed by atoms with Crippen LogP contribution in [0.15, 0.2) is 60.9 Å². The van der Waals surface area contributed by atoms with E-state index in [0.29, 0.717) is 11.5 Å². The Balaban J connectivity index is 1.65. The van der Waals surface area contributed by atoms with Crippen LogP contribution in [0.5, 0.6) is 0 Å². The molecular weight excluding hydrogens is 343 g/mol. The van der Waals surface area contributed by atoms with Crippen LogP contribution in [0, 0.1) is 5.82 Å². The molecule has 3 aromatic rings. The zero-order valence-corrected chi connectivity index (χ0v) is 15.5. The van der Waals surface area contributed by atoms with E-state index in [0.717, 1.165) is 5.69 Å². The first-order valence-corrected chi connectivity index (χ1v) is 8.58. The molecule has 0 radical (unpaired) electrons. The van der Waals surface area contributed by atoms with Crippen LogP contribution >= 0.6 is 0 Å². The molecule has 2 N–H and O–H groups in total. The molecule has 0 aliphatic heterocycles. The highest BCUT2D eigenvalue weighted by atomic mass is 19.1. The van der Waals surface area contributed by atoms with Crippen LogP contribution in [0.4, 0.5) is 21.6 Å². The Morgan fingerprint density at radius 3 is 2.30 bits per heavy atom. The van der Waals surface area contributed by atoms with Crippen molar-refractivity contribution in [1.29, 1.82) is 0 Å². The van der Waals surface area contributed by atoms with Crippen molar-refractivity contribution < 1.29 is 9.18 Å². The minimum absolute atomic E-state index is 0.0923. The van der Waals surface area contributed by atoms with Crippen molar-refractivity contribution in [3.8, 4) is 0 Å². The van der Waals surface area contributed by atoms with Crippen molar-refractivity contribution in [2.24, 2.45) is 0 Å². The molecule has 2 aromatic carbocycles. The summed E-state index contributed by atoms with van der Waals surface area (Å²) in [5.41, 5.74) is 2.73. The highest BCUT2D eigenvalue weighted by molar-refractivity contribution is 6.02. The van der Waals surface area contributed by atoms with E-state index in [1.54, 1.807) is 6.07 Å². The molecule has 138 valence electrons. The number of hydrogen-bond acceptors (Lipinski definition) is 4. The largest absolute Gasteiger partial charge is 0.339 e. The predicted octanol–water partition coefficient (Wildman–Crippen LogP) is 4.91. The summed E-state index contributed by atoms with van der Waals surface area (Å²) >= 11 is 0. The molecule has 0 fully saturated rings. The van der Waals surface area contributed by atoms with Crippen molar-refractivity contribution in [3.63, 3.8) is 0 Å². The highest BCUT2D eigenvalue weighted by Crippen LogP contribution is 2.24. The fraction of sp³-hybridized carbons (Fsp3) is 0.190. The lowest BCUT2D eigenvalue weighted by molar-refractivity contribution is 0.102. The summed E-state index contributed by atoms with van der Waals surface area (Å²) < 4.78 is 13.2. The Morgan fingerprint density at radius 2 is 1.70 bits per heavy atom. The van der Waals surface area contributed by atoms with Gasteiger partial charge in [0.15, 0.2) is 0 Å². The second-order valence-corrected chi connectivity index (χ2v) is 7.20. The first-order chi connectivity index (χ1) is 12.8. The Labute approximate surface area is 157 Å². The van der Waals surface area contributed by atoms with E-state index in [9.17, 15) is 9.18 Å². The molecule has 0 bridgehead atoms. The molecule has 0 unspecified atom stereocenters. The zero-order chi connectivity index (χ0) is 19.4. The summed E-state index contributed by atoms with van der Waals surface area (Å²) in [7, 11) is 0. The standard InChI is InChI=1S/C21H21FN4O/c1-21(2,3)14-7-9-16(10-8-14)25-19-13-23-18(12-24-19)20(27)26-17-6-4-5-15(22)11-17/h4-13H,1-3H3,(H,24,25)(H,26,27). The SMILES string of the molecule is CC(C)(C)c1ccc(Nc2cnc(C(=O)Nc3cccc(F)c3)cn2)cc1. The third-order valence-corrected chi connectivity index (χ3v) is 3.99. The van der Waals surface area contributed by atoms with E-state index in [-0.39, 0.29) is 11.1 Å². The maximum absolute atomic E-state index is 13.2. The average Bonchev–Trinajstić information content (AvgIpc) is 2.62. The van der Waals surface area contributed by atoms with Crippen molar-refractivity contribution in [1.82, 2.24) is 9.97 Å². The Morgan fingerprint density at radius 1 is 0.963 bits per heavy atom. The van der Waals surface area contributed by atoms with Gasteiger partial charge in [0.25, 0.3) is 5.91 Å². The van der Waals surface area contributed by atoms with E-state index in [4.69, 9.17) is 0 Å². The van der Waals surface area contributed by atoms with Gasteiger partial charge in [0.05, 0.1) is 12.4 Å². The summed E-state index contributed by atoms with van der Waals surface area (Å²) in [5, 5.41) is 5.74. The molecule has 1 amide bonds. The first kappa shape index (κ1) is 18.5. The number of aromatic nitrogens is 2. The number of benzene rings is 2. The van der Waals surface area contributed by atoms with Gasteiger partial charge in [-0.15, -0.1) is 0 Å². The van der Waals surface area contributed by atoms with Crippen LogP contribution in [0.25, 0.3) is 0 Å². The molecule has 27 heavy (non-hydrogen) atoms. The lowest BCUT2D eigenvalue weighted by Gasteiger charge is -2.19. The number of nitrogens with one attached hydrogen (secondary N) is 2. The first-order valence-electron chi connectivity index (χ1n) is 8.58. The molecule has 0 spiro atoms. The molecule has 1 aromatic heterocycles. The van der Waals surface area contributed by atoms with Gasteiger partial charge in [-0.3, -0.25) is 4.79 Å².